The van der Waals surface area contributed by atoms with Gasteiger partial charge in [-0.2, -0.15) is 0 Å². The van der Waals surface area contributed by atoms with Gasteiger partial charge in [0.25, 0.3) is 0 Å². The van der Waals surface area contributed by atoms with Crippen molar-refractivity contribution in [3.8, 4) is 0 Å². The highest BCUT2D eigenvalue weighted by molar-refractivity contribution is 5.67. The molecule has 0 aromatic carbocycles. The first-order valence-corrected chi connectivity index (χ1v) is 6.05. The van der Waals surface area contributed by atoms with E-state index in [2.05, 4.69) is 12.2 Å². The van der Waals surface area contributed by atoms with E-state index in [-0.39, 0.29) is 12.5 Å². The Balaban J connectivity index is 2.27. The van der Waals surface area contributed by atoms with Gasteiger partial charge in [-0.1, -0.05) is 19.8 Å². The third-order valence-corrected chi connectivity index (χ3v) is 3.26. The number of hydrogen-bond donors (Lipinski definition) is 2. The molecule has 0 aliphatic heterocycles. The molecule has 1 fully saturated rings. The summed E-state index contributed by atoms with van der Waals surface area (Å²) in [6.45, 7) is 4.27. The second kappa shape index (κ2) is 6.11. The van der Waals surface area contributed by atoms with E-state index >= 15 is 0 Å². The average Bonchev–Trinajstić information content (AvgIpc) is 2.29. The summed E-state index contributed by atoms with van der Waals surface area (Å²) in [5, 5.41) is 12.1. The molecule has 3 atom stereocenters. The summed E-state index contributed by atoms with van der Waals surface area (Å²) in [5.74, 6) is 0.128. The van der Waals surface area contributed by atoms with E-state index in [1.165, 1.54) is 32.1 Å². The highest BCUT2D eigenvalue weighted by Gasteiger charge is 2.18. The number of carbonyl (C=O) groups is 1. The zero-order valence-electron chi connectivity index (χ0n) is 9.83. The van der Waals surface area contributed by atoms with Crippen LogP contribution in [0.2, 0.25) is 0 Å². The van der Waals surface area contributed by atoms with Crippen LogP contribution in [0.4, 0.5) is 0 Å². The molecule has 3 nitrogen and oxygen atoms in total. The van der Waals surface area contributed by atoms with Crippen LogP contribution in [0.15, 0.2) is 0 Å². The minimum atomic E-state index is -0.711. The van der Waals surface area contributed by atoms with E-state index in [1.807, 2.05) is 6.92 Å². The molecule has 0 heterocycles. The molecule has 88 valence electrons. The molecular weight excluding hydrogens is 190 g/mol. The Labute approximate surface area is 92.3 Å². The summed E-state index contributed by atoms with van der Waals surface area (Å²) < 4.78 is 0. The summed E-state index contributed by atoms with van der Waals surface area (Å²) in [6.07, 6.45) is 6.51. The Kier molecular flexibility index (Phi) is 5.09. The lowest BCUT2D eigenvalue weighted by Gasteiger charge is -2.20. The molecule has 0 bridgehead atoms. The molecule has 3 unspecified atom stereocenters. The van der Waals surface area contributed by atoms with Crippen molar-refractivity contribution in [1.82, 2.24) is 5.32 Å². The van der Waals surface area contributed by atoms with Crippen molar-refractivity contribution in [3.63, 3.8) is 0 Å². The quantitative estimate of drug-likeness (QED) is 0.705. The highest BCUT2D eigenvalue weighted by atomic mass is 16.4. The second-order valence-corrected chi connectivity index (χ2v) is 4.98. The lowest BCUT2D eigenvalue weighted by molar-refractivity contribution is -0.137. The van der Waals surface area contributed by atoms with Gasteiger partial charge in [0.2, 0.25) is 0 Å². The van der Waals surface area contributed by atoms with Crippen molar-refractivity contribution >= 4 is 5.97 Å². The van der Waals surface area contributed by atoms with E-state index in [4.69, 9.17) is 5.11 Å². The fourth-order valence-electron chi connectivity index (χ4n) is 2.38. The summed E-state index contributed by atoms with van der Waals surface area (Å²) >= 11 is 0. The van der Waals surface area contributed by atoms with Gasteiger partial charge in [0.15, 0.2) is 0 Å². The predicted molar refractivity (Wildman–Crippen MR) is 60.9 cm³/mol. The number of hydrogen-bond acceptors (Lipinski definition) is 2. The Bertz CT molecular complexity index is 206. The highest BCUT2D eigenvalue weighted by Crippen LogP contribution is 2.22. The maximum Gasteiger partial charge on any atom is 0.304 e. The summed E-state index contributed by atoms with van der Waals surface area (Å²) in [7, 11) is 0. The SMILES string of the molecule is CC1CCCC(NC(C)CC(=O)O)CC1. The van der Waals surface area contributed by atoms with E-state index in [0.717, 1.165) is 5.92 Å². The van der Waals surface area contributed by atoms with Gasteiger partial charge in [0, 0.05) is 12.1 Å². The van der Waals surface area contributed by atoms with E-state index in [9.17, 15) is 4.79 Å². The van der Waals surface area contributed by atoms with Crippen LogP contribution >= 0.6 is 0 Å². The van der Waals surface area contributed by atoms with Gasteiger partial charge < -0.3 is 10.4 Å². The second-order valence-electron chi connectivity index (χ2n) is 4.98. The first-order valence-electron chi connectivity index (χ1n) is 6.05. The van der Waals surface area contributed by atoms with Crippen LogP contribution in [0.25, 0.3) is 0 Å². The Morgan fingerprint density at radius 2 is 2.13 bits per heavy atom. The van der Waals surface area contributed by atoms with Gasteiger partial charge in [0.05, 0.1) is 6.42 Å². The van der Waals surface area contributed by atoms with Crippen LogP contribution in [-0.2, 0) is 4.79 Å². The topological polar surface area (TPSA) is 49.3 Å². The van der Waals surface area contributed by atoms with E-state index < -0.39 is 5.97 Å². The molecule has 15 heavy (non-hydrogen) atoms. The zero-order chi connectivity index (χ0) is 11.3. The molecule has 1 rings (SSSR count). The normalized spacial score (nSPS) is 29.5. The molecule has 1 aliphatic rings. The number of carboxylic acid groups (broad SMARTS) is 1. The number of rotatable bonds is 4. The predicted octanol–water partition coefficient (Wildman–Crippen LogP) is 2.41. The first kappa shape index (κ1) is 12.5. The summed E-state index contributed by atoms with van der Waals surface area (Å²) in [5.41, 5.74) is 0. The van der Waals surface area contributed by atoms with Crippen LogP contribution in [0, 0.1) is 5.92 Å². The Hall–Kier alpha value is -0.570. The third-order valence-electron chi connectivity index (χ3n) is 3.26. The molecule has 0 amide bonds. The van der Waals surface area contributed by atoms with Crippen molar-refractivity contribution in [2.45, 2.75) is 64.5 Å². The summed E-state index contributed by atoms with van der Waals surface area (Å²) in [4.78, 5) is 10.5. The monoisotopic (exact) mass is 213 g/mol. The molecule has 1 aliphatic carbocycles. The van der Waals surface area contributed by atoms with Gasteiger partial charge in [-0.25, -0.2) is 0 Å². The minimum absolute atomic E-state index is 0.0981. The van der Waals surface area contributed by atoms with Crippen molar-refractivity contribution in [2.24, 2.45) is 5.92 Å². The Morgan fingerprint density at radius 1 is 1.40 bits per heavy atom. The maximum atomic E-state index is 10.5. The van der Waals surface area contributed by atoms with Gasteiger partial charge in [-0.15, -0.1) is 0 Å². The molecule has 0 aromatic rings. The number of aliphatic carboxylic acids is 1. The van der Waals surface area contributed by atoms with Crippen LogP contribution in [0.5, 0.6) is 0 Å². The third kappa shape index (κ3) is 5.17. The van der Waals surface area contributed by atoms with Crippen LogP contribution in [0.3, 0.4) is 0 Å². The number of nitrogens with one attached hydrogen (secondary N) is 1. The lowest BCUT2D eigenvalue weighted by Crippen LogP contribution is -2.37. The first-order chi connectivity index (χ1) is 7.08. The average molecular weight is 213 g/mol. The molecule has 2 N–H and O–H groups in total. The van der Waals surface area contributed by atoms with Crippen LogP contribution in [-0.4, -0.2) is 23.2 Å². The molecular formula is C12H23NO2. The summed E-state index contributed by atoms with van der Waals surface area (Å²) in [6, 6.07) is 0.630. The molecule has 0 spiro atoms. The fourth-order valence-corrected chi connectivity index (χ4v) is 2.38. The van der Waals surface area contributed by atoms with E-state index in [0.29, 0.717) is 6.04 Å². The lowest BCUT2D eigenvalue weighted by atomic mass is 10.0. The molecule has 1 saturated carbocycles. The van der Waals surface area contributed by atoms with Crippen molar-refractivity contribution in [3.05, 3.63) is 0 Å². The maximum absolute atomic E-state index is 10.5. The van der Waals surface area contributed by atoms with Crippen molar-refractivity contribution in [2.75, 3.05) is 0 Å². The molecule has 3 heteroatoms. The molecule has 0 saturated heterocycles. The van der Waals surface area contributed by atoms with Crippen LogP contribution in [0.1, 0.15) is 52.4 Å². The standard InChI is InChI=1S/C12H23NO2/c1-9-4-3-5-11(7-6-9)13-10(2)8-12(14)15/h9-11,13H,3-8H2,1-2H3,(H,14,15). The van der Waals surface area contributed by atoms with Gasteiger partial charge in [-0.3, -0.25) is 4.79 Å². The smallest absolute Gasteiger partial charge is 0.304 e. The largest absolute Gasteiger partial charge is 0.481 e. The van der Waals surface area contributed by atoms with Gasteiger partial charge in [-0.05, 0) is 32.1 Å². The molecule has 0 radical (unpaired) electrons. The van der Waals surface area contributed by atoms with Gasteiger partial charge >= 0.3 is 5.97 Å². The number of carboxylic acids is 1. The van der Waals surface area contributed by atoms with Crippen molar-refractivity contribution < 1.29 is 9.90 Å². The Morgan fingerprint density at radius 3 is 2.80 bits per heavy atom. The molecule has 0 aromatic heterocycles. The minimum Gasteiger partial charge on any atom is -0.481 e. The van der Waals surface area contributed by atoms with Crippen LogP contribution < -0.4 is 5.32 Å². The van der Waals surface area contributed by atoms with Crippen molar-refractivity contribution in [1.29, 1.82) is 0 Å². The zero-order valence-corrected chi connectivity index (χ0v) is 9.83. The fraction of sp³-hybridized carbons (Fsp3) is 0.917. The van der Waals surface area contributed by atoms with E-state index in [1.54, 1.807) is 0 Å². The van der Waals surface area contributed by atoms with Gasteiger partial charge in [0.1, 0.15) is 0 Å².